The number of H-pyrrole nitrogens is 2. The summed E-state index contributed by atoms with van der Waals surface area (Å²) in [6.07, 6.45) is 4.90. The van der Waals surface area contributed by atoms with Crippen molar-refractivity contribution in [3.63, 3.8) is 0 Å². The van der Waals surface area contributed by atoms with E-state index in [1.54, 1.807) is 6.07 Å². The molecule has 26 heavy (non-hydrogen) atoms. The van der Waals surface area contributed by atoms with E-state index in [0.29, 0.717) is 11.3 Å². The Bertz CT molecular complexity index is 1190. The van der Waals surface area contributed by atoms with Crippen LogP contribution in [0.2, 0.25) is 0 Å². The van der Waals surface area contributed by atoms with Crippen molar-refractivity contribution in [3.8, 4) is 0 Å². The Labute approximate surface area is 149 Å². The summed E-state index contributed by atoms with van der Waals surface area (Å²) in [6.45, 7) is 6.47. The largest absolute Gasteiger partial charge is 0.361 e. The van der Waals surface area contributed by atoms with Crippen LogP contribution in [0.15, 0.2) is 47.7 Å². The summed E-state index contributed by atoms with van der Waals surface area (Å²) in [5.41, 5.74) is 2.87. The lowest BCUT2D eigenvalue weighted by molar-refractivity contribution is 0.102. The Morgan fingerprint density at radius 1 is 1.15 bits per heavy atom. The van der Waals surface area contributed by atoms with Crippen molar-refractivity contribution in [1.29, 1.82) is 0 Å². The molecule has 4 aromatic rings. The minimum absolute atomic E-state index is 0.00293. The van der Waals surface area contributed by atoms with Gasteiger partial charge >= 0.3 is 0 Å². The van der Waals surface area contributed by atoms with E-state index in [4.69, 9.17) is 0 Å². The van der Waals surface area contributed by atoms with Gasteiger partial charge in [0.25, 0.3) is 11.5 Å². The molecular formula is C19H19N5O2. The van der Waals surface area contributed by atoms with Crippen LogP contribution in [-0.2, 0) is 5.41 Å². The van der Waals surface area contributed by atoms with Gasteiger partial charge in [-0.15, -0.1) is 0 Å². The lowest BCUT2D eigenvalue weighted by atomic mass is 9.87. The molecule has 0 bridgehead atoms. The molecule has 132 valence electrons. The van der Waals surface area contributed by atoms with Crippen molar-refractivity contribution in [2.24, 2.45) is 0 Å². The van der Waals surface area contributed by atoms with Crippen LogP contribution in [0.1, 0.15) is 36.7 Å². The summed E-state index contributed by atoms with van der Waals surface area (Å²) in [5.74, 6) is -0.481. The fourth-order valence-electron chi connectivity index (χ4n) is 3.08. The van der Waals surface area contributed by atoms with Gasteiger partial charge < -0.3 is 15.3 Å². The van der Waals surface area contributed by atoms with Crippen molar-refractivity contribution in [1.82, 2.24) is 19.6 Å². The first-order valence-corrected chi connectivity index (χ1v) is 8.33. The molecule has 3 heterocycles. The number of nitrogens with zero attached hydrogens (tertiary/aromatic N) is 2. The lowest BCUT2D eigenvalue weighted by Crippen LogP contribution is -2.26. The van der Waals surface area contributed by atoms with E-state index in [1.165, 1.54) is 22.5 Å². The summed E-state index contributed by atoms with van der Waals surface area (Å²) in [5, 5.41) is 7.82. The van der Waals surface area contributed by atoms with E-state index in [2.05, 4.69) is 41.2 Å². The molecule has 0 spiro atoms. The number of carbonyl (C=O) groups excluding carboxylic acids is 1. The van der Waals surface area contributed by atoms with Crippen molar-refractivity contribution in [2.45, 2.75) is 26.2 Å². The maximum Gasteiger partial charge on any atom is 0.287 e. The fraction of sp³-hybridized carbons (Fsp3) is 0.211. The third-order valence-electron chi connectivity index (χ3n) is 4.42. The van der Waals surface area contributed by atoms with Crippen molar-refractivity contribution in [3.05, 3.63) is 64.3 Å². The number of benzene rings is 1. The Balaban J connectivity index is 1.67. The maximum atomic E-state index is 12.5. The van der Waals surface area contributed by atoms with Crippen LogP contribution in [0.25, 0.3) is 16.6 Å². The number of carbonyl (C=O) groups is 1. The summed E-state index contributed by atoms with van der Waals surface area (Å²) in [7, 11) is 0. The van der Waals surface area contributed by atoms with Crippen molar-refractivity contribution < 1.29 is 4.79 Å². The number of rotatable bonds is 2. The smallest absolute Gasteiger partial charge is 0.287 e. The molecule has 0 aliphatic heterocycles. The molecule has 0 saturated heterocycles. The minimum Gasteiger partial charge on any atom is -0.361 e. The van der Waals surface area contributed by atoms with Gasteiger partial charge in [0.2, 0.25) is 0 Å². The monoisotopic (exact) mass is 349 g/mol. The molecule has 0 saturated carbocycles. The van der Waals surface area contributed by atoms with Crippen LogP contribution in [0, 0.1) is 0 Å². The van der Waals surface area contributed by atoms with Gasteiger partial charge in [0.1, 0.15) is 11.2 Å². The summed E-state index contributed by atoms with van der Waals surface area (Å²) < 4.78 is 1.17. The van der Waals surface area contributed by atoms with Gasteiger partial charge in [-0.2, -0.15) is 9.61 Å². The van der Waals surface area contributed by atoms with Gasteiger partial charge in [0.05, 0.1) is 6.20 Å². The Kier molecular flexibility index (Phi) is 3.47. The Morgan fingerprint density at radius 3 is 2.73 bits per heavy atom. The van der Waals surface area contributed by atoms with Crippen LogP contribution in [0.3, 0.4) is 0 Å². The number of nitrogens with one attached hydrogen (secondary N) is 3. The molecule has 0 aliphatic rings. The molecule has 0 aliphatic carbocycles. The quantitative estimate of drug-likeness (QED) is 0.519. The van der Waals surface area contributed by atoms with Crippen LogP contribution in [0.5, 0.6) is 0 Å². The van der Waals surface area contributed by atoms with E-state index >= 15 is 0 Å². The number of anilines is 1. The van der Waals surface area contributed by atoms with Gasteiger partial charge in [-0.3, -0.25) is 9.59 Å². The second-order valence-electron chi connectivity index (χ2n) is 7.30. The molecule has 4 rings (SSSR count). The van der Waals surface area contributed by atoms with E-state index in [1.807, 2.05) is 24.4 Å². The molecule has 1 amide bonds. The van der Waals surface area contributed by atoms with Gasteiger partial charge in [-0.05, 0) is 23.1 Å². The van der Waals surface area contributed by atoms with E-state index in [-0.39, 0.29) is 11.0 Å². The topological polar surface area (TPSA) is 95.0 Å². The van der Waals surface area contributed by atoms with Gasteiger partial charge in [0.15, 0.2) is 0 Å². The molecule has 7 nitrogen and oxygen atoms in total. The van der Waals surface area contributed by atoms with Crippen LogP contribution >= 0.6 is 0 Å². The van der Waals surface area contributed by atoms with Gasteiger partial charge in [-0.1, -0.05) is 26.8 Å². The summed E-state index contributed by atoms with van der Waals surface area (Å²) >= 11 is 0. The third-order valence-corrected chi connectivity index (χ3v) is 4.42. The molecule has 3 N–H and O–H groups in total. The zero-order chi connectivity index (χ0) is 18.5. The standard InChI is InChI=1S/C19H19N5O2/c1-19(2,3)14-10-20-15-8-11(4-5-12(14)15)23-17(25)13-9-21-16-6-7-22-24(16)18(13)26/h4-10,20-21H,1-3H3,(H,23,25). The molecular weight excluding hydrogens is 330 g/mol. The summed E-state index contributed by atoms with van der Waals surface area (Å²) in [6, 6.07) is 7.34. The average molecular weight is 349 g/mol. The number of hydrogen-bond donors (Lipinski definition) is 3. The third kappa shape index (κ3) is 2.57. The van der Waals surface area contributed by atoms with Gasteiger partial charge in [-0.25, -0.2) is 0 Å². The van der Waals surface area contributed by atoms with E-state index in [0.717, 1.165) is 10.9 Å². The highest BCUT2D eigenvalue weighted by Crippen LogP contribution is 2.31. The number of fused-ring (bicyclic) bond motifs is 2. The van der Waals surface area contributed by atoms with E-state index in [9.17, 15) is 9.59 Å². The van der Waals surface area contributed by atoms with Crippen molar-refractivity contribution >= 4 is 28.1 Å². The SMILES string of the molecule is CC(C)(C)c1c[nH]c2cc(NC(=O)c3c[nH]c4ccnn4c3=O)ccc12. The number of aromatic nitrogens is 4. The zero-order valence-electron chi connectivity index (χ0n) is 14.8. The van der Waals surface area contributed by atoms with Crippen LogP contribution < -0.4 is 10.9 Å². The highest BCUT2D eigenvalue weighted by atomic mass is 16.2. The number of aromatic amines is 2. The van der Waals surface area contributed by atoms with Crippen LogP contribution in [0.4, 0.5) is 5.69 Å². The zero-order valence-corrected chi connectivity index (χ0v) is 14.8. The average Bonchev–Trinajstić information content (AvgIpc) is 3.20. The molecule has 0 atom stereocenters. The number of hydrogen-bond acceptors (Lipinski definition) is 3. The molecule has 1 aromatic carbocycles. The summed E-state index contributed by atoms with van der Waals surface area (Å²) in [4.78, 5) is 31.0. The normalized spacial score (nSPS) is 12.0. The second-order valence-corrected chi connectivity index (χ2v) is 7.30. The Morgan fingerprint density at radius 2 is 1.96 bits per heavy atom. The minimum atomic E-state index is -0.481. The highest BCUT2D eigenvalue weighted by molar-refractivity contribution is 6.04. The second kappa shape index (κ2) is 5.59. The predicted octanol–water partition coefficient (Wildman–Crippen LogP) is 3.05. The molecule has 0 unspecified atom stereocenters. The lowest BCUT2D eigenvalue weighted by Gasteiger charge is -2.17. The Hall–Kier alpha value is -3.35. The fourth-order valence-corrected chi connectivity index (χ4v) is 3.08. The molecule has 0 fully saturated rings. The van der Waals surface area contributed by atoms with Crippen molar-refractivity contribution in [2.75, 3.05) is 5.32 Å². The number of amides is 1. The molecule has 7 heteroatoms. The first-order valence-electron chi connectivity index (χ1n) is 8.33. The molecule has 0 radical (unpaired) electrons. The first-order chi connectivity index (χ1) is 12.3. The predicted molar refractivity (Wildman–Crippen MR) is 101 cm³/mol. The maximum absolute atomic E-state index is 12.5. The van der Waals surface area contributed by atoms with E-state index < -0.39 is 11.5 Å². The molecule has 3 aromatic heterocycles. The van der Waals surface area contributed by atoms with Gasteiger partial charge in [0, 0.05) is 35.1 Å². The highest BCUT2D eigenvalue weighted by Gasteiger charge is 2.19. The first kappa shape index (κ1) is 16.1. The van der Waals surface area contributed by atoms with Crippen LogP contribution in [-0.4, -0.2) is 25.5 Å².